The minimum Gasteiger partial charge on any atom is -0.338 e. The van der Waals surface area contributed by atoms with Crippen molar-refractivity contribution in [1.82, 2.24) is 14.8 Å². The van der Waals surface area contributed by atoms with E-state index in [4.69, 9.17) is 0 Å². The van der Waals surface area contributed by atoms with Gasteiger partial charge in [0, 0.05) is 37.9 Å². The summed E-state index contributed by atoms with van der Waals surface area (Å²) in [6, 6.07) is 11.0. The van der Waals surface area contributed by atoms with Gasteiger partial charge in [0.2, 0.25) is 0 Å². The Labute approximate surface area is 211 Å². The molecule has 1 spiro atoms. The van der Waals surface area contributed by atoms with Crippen molar-refractivity contribution in [2.45, 2.75) is 88.5 Å². The van der Waals surface area contributed by atoms with Crippen LogP contribution in [0.1, 0.15) is 98.2 Å². The zero-order chi connectivity index (χ0) is 25.7. The van der Waals surface area contributed by atoms with Gasteiger partial charge in [-0.25, -0.2) is 0 Å². The smallest absolute Gasteiger partial charge is 0.338 e. The molecule has 1 aromatic heterocycles. The summed E-state index contributed by atoms with van der Waals surface area (Å²) in [5.74, 6) is -1.24. The largest absolute Gasteiger partial charge is 0.456 e. The van der Waals surface area contributed by atoms with Crippen molar-refractivity contribution < 1.29 is 24.2 Å². The Bertz CT molecular complexity index is 1140. The van der Waals surface area contributed by atoms with E-state index in [1.807, 2.05) is 30.9 Å². The maximum atomic E-state index is 13.3. The molecule has 0 bridgehead atoms. The predicted molar refractivity (Wildman–Crippen MR) is 133 cm³/mol. The molecule has 3 aliphatic rings. The summed E-state index contributed by atoms with van der Waals surface area (Å²) >= 11 is 0. The minimum absolute atomic E-state index is 0. The molecule has 2 aromatic rings. The fourth-order valence-electron chi connectivity index (χ4n) is 6.53. The predicted octanol–water partition coefficient (Wildman–Crippen LogP) is 6.04. The molecule has 1 saturated carbocycles. The van der Waals surface area contributed by atoms with Crippen LogP contribution in [0.25, 0.3) is 0 Å². The summed E-state index contributed by atoms with van der Waals surface area (Å²) in [5.41, 5.74) is 1.26. The maximum absolute atomic E-state index is 13.3. The zero-order valence-electron chi connectivity index (χ0n) is 21.0. The third kappa shape index (κ3) is 4.60. The van der Waals surface area contributed by atoms with Crippen LogP contribution >= 0.6 is 0 Å². The first-order valence-corrected chi connectivity index (χ1v) is 13.0. The van der Waals surface area contributed by atoms with E-state index in [0.717, 1.165) is 0 Å². The Balaban J connectivity index is 0.00000320. The number of nitrogens with one attached hydrogen (secondary N) is 1. The molecule has 1 aromatic carbocycles. The van der Waals surface area contributed by atoms with Gasteiger partial charge in [-0.05, 0) is 75.3 Å². The number of carbonyl (C=O) groups is 2. The lowest BCUT2D eigenvalue weighted by atomic mass is 9.79. The molecule has 36 heavy (non-hydrogen) atoms. The van der Waals surface area contributed by atoms with Crippen molar-refractivity contribution in [1.29, 1.82) is 0 Å². The van der Waals surface area contributed by atoms with Gasteiger partial charge in [0.15, 0.2) is 0 Å². The van der Waals surface area contributed by atoms with Gasteiger partial charge in [-0.1, -0.05) is 31.4 Å². The topological polar surface area (TPSA) is 54.3 Å². The second kappa shape index (κ2) is 9.05. The highest BCUT2D eigenvalue weighted by atomic mass is 19.4. The molecule has 1 aliphatic carbocycles. The molecule has 0 unspecified atom stereocenters. The van der Waals surface area contributed by atoms with Crippen molar-refractivity contribution >= 4 is 11.7 Å². The van der Waals surface area contributed by atoms with Crippen LogP contribution in [0, 0.1) is 0 Å². The number of nitrogens with zero attached hydrogens (tertiary/aromatic N) is 2. The molecular weight excluding hydrogens is 467 g/mol. The number of aromatic nitrogens is 1. The van der Waals surface area contributed by atoms with Crippen molar-refractivity contribution in [3.63, 3.8) is 0 Å². The van der Waals surface area contributed by atoms with E-state index in [1.165, 1.54) is 48.3 Å². The number of ketones is 1. The Morgan fingerprint density at radius 3 is 2.22 bits per heavy atom. The first-order valence-electron chi connectivity index (χ1n) is 13.0. The zero-order valence-corrected chi connectivity index (χ0v) is 21.0. The van der Waals surface area contributed by atoms with Gasteiger partial charge in [-0.3, -0.25) is 14.9 Å². The average molecular weight is 504 g/mol. The van der Waals surface area contributed by atoms with E-state index < -0.39 is 23.0 Å². The van der Waals surface area contributed by atoms with Crippen LogP contribution in [-0.4, -0.2) is 46.0 Å². The van der Waals surface area contributed by atoms with Crippen LogP contribution in [0.4, 0.5) is 13.2 Å². The number of halogens is 3. The lowest BCUT2D eigenvalue weighted by Gasteiger charge is -2.51. The number of likely N-dealkylation sites (tertiary alicyclic amines) is 1. The van der Waals surface area contributed by atoms with E-state index >= 15 is 0 Å². The van der Waals surface area contributed by atoms with Crippen LogP contribution in [-0.2, 0) is 12.1 Å². The van der Waals surface area contributed by atoms with E-state index in [2.05, 4.69) is 17.4 Å². The quantitative estimate of drug-likeness (QED) is 0.520. The molecule has 0 atom stereocenters. The highest BCUT2D eigenvalue weighted by Crippen LogP contribution is 2.41. The monoisotopic (exact) mass is 503 g/mol. The van der Waals surface area contributed by atoms with Crippen molar-refractivity contribution in [2.24, 2.45) is 0 Å². The Morgan fingerprint density at radius 2 is 1.61 bits per heavy atom. The molecule has 1 amide bonds. The Hall–Kier alpha value is -2.61. The molecule has 1 saturated heterocycles. The summed E-state index contributed by atoms with van der Waals surface area (Å²) in [5, 5.41) is 3.65. The van der Waals surface area contributed by atoms with E-state index in [-0.39, 0.29) is 19.6 Å². The highest BCUT2D eigenvalue weighted by Gasteiger charge is 2.49. The first-order chi connectivity index (χ1) is 17.0. The van der Waals surface area contributed by atoms with Gasteiger partial charge in [-0.15, -0.1) is 0 Å². The summed E-state index contributed by atoms with van der Waals surface area (Å²) in [4.78, 5) is 27.2. The van der Waals surface area contributed by atoms with Crippen molar-refractivity contribution in [3.8, 4) is 0 Å². The molecule has 3 heterocycles. The number of hydrogen-bond acceptors (Lipinski definition) is 3. The molecule has 2 aliphatic heterocycles. The standard InChI is InChI=1S/C28H34F3N3O2.H2/c1-26(2)18-34-22(24(35)28(29,30)31)12-13-23(34)27(32-26)14-16-33(17-15-27)25(36)21-10-8-20(9-11-21)19-6-4-3-5-7-19;/h8-13,19,32H,3-7,14-18H2,1-2H3;1H. The SMILES string of the molecule is CC1(C)Cn2c(C(=O)C(F)(F)F)ccc2C2(CCN(C(=O)c3ccc(C4CCCCC4)cc3)CC2)N1.[HH]. The normalized spacial score (nSPS) is 21.9. The molecule has 5 rings (SSSR count). The number of benzene rings is 1. The van der Waals surface area contributed by atoms with Crippen LogP contribution in [0.5, 0.6) is 0 Å². The summed E-state index contributed by atoms with van der Waals surface area (Å²) in [6.45, 7) is 5.11. The molecule has 0 radical (unpaired) electrons. The molecular formula is C28H36F3N3O2. The molecule has 2 fully saturated rings. The van der Waals surface area contributed by atoms with Crippen LogP contribution in [0.15, 0.2) is 36.4 Å². The van der Waals surface area contributed by atoms with Gasteiger partial charge in [0.25, 0.3) is 11.7 Å². The third-order valence-corrected chi connectivity index (χ3v) is 8.23. The van der Waals surface area contributed by atoms with Gasteiger partial charge >= 0.3 is 6.18 Å². The lowest BCUT2D eigenvalue weighted by Crippen LogP contribution is -2.63. The number of amides is 1. The molecule has 1 N–H and O–H groups in total. The Morgan fingerprint density at radius 1 is 0.972 bits per heavy atom. The first kappa shape index (κ1) is 25.1. The summed E-state index contributed by atoms with van der Waals surface area (Å²) < 4.78 is 41.2. The fraction of sp³-hybridized carbons (Fsp3) is 0.571. The maximum Gasteiger partial charge on any atom is 0.456 e. The van der Waals surface area contributed by atoms with Crippen LogP contribution < -0.4 is 5.32 Å². The minimum atomic E-state index is -4.92. The van der Waals surface area contributed by atoms with Gasteiger partial charge in [0.05, 0.1) is 11.2 Å². The number of Topliss-reactive ketones (excluding diaryl/α,β-unsaturated/α-hetero) is 1. The lowest BCUT2D eigenvalue weighted by molar-refractivity contribution is -0.0892. The van der Waals surface area contributed by atoms with Gasteiger partial charge in [-0.2, -0.15) is 13.2 Å². The van der Waals surface area contributed by atoms with Gasteiger partial charge < -0.3 is 9.47 Å². The second-order valence-electron chi connectivity index (χ2n) is 11.4. The second-order valence-corrected chi connectivity index (χ2v) is 11.4. The summed E-state index contributed by atoms with van der Waals surface area (Å²) in [7, 11) is 0. The average Bonchev–Trinajstić information content (AvgIpc) is 3.27. The van der Waals surface area contributed by atoms with E-state index in [9.17, 15) is 22.8 Å². The van der Waals surface area contributed by atoms with Gasteiger partial charge in [0.1, 0.15) is 0 Å². The van der Waals surface area contributed by atoms with Crippen LogP contribution in [0.2, 0.25) is 0 Å². The highest BCUT2D eigenvalue weighted by molar-refractivity contribution is 5.99. The number of carbonyl (C=O) groups excluding carboxylic acids is 2. The number of fused-ring (bicyclic) bond motifs is 2. The molecule has 196 valence electrons. The van der Waals surface area contributed by atoms with E-state index in [1.54, 1.807) is 6.07 Å². The number of hydrogen-bond donors (Lipinski definition) is 1. The third-order valence-electron chi connectivity index (χ3n) is 8.23. The van der Waals surface area contributed by atoms with Crippen molar-refractivity contribution in [3.05, 3.63) is 58.9 Å². The van der Waals surface area contributed by atoms with Crippen molar-refractivity contribution in [2.75, 3.05) is 13.1 Å². The number of piperidine rings is 1. The Kier molecular flexibility index (Phi) is 6.30. The van der Waals surface area contributed by atoms with E-state index in [0.29, 0.717) is 43.1 Å². The molecule has 8 heteroatoms. The fourth-order valence-corrected chi connectivity index (χ4v) is 6.53. The summed E-state index contributed by atoms with van der Waals surface area (Å²) in [6.07, 6.45) is 2.46. The molecule has 5 nitrogen and oxygen atoms in total. The number of rotatable bonds is 3. The van der Waals surface area contributed by atoms with Crippen LogP contribution in [0.3, 0.4) is 0 Å². The number of alkyl halides is 3.